The van der Waals surface area contributed by atoms with Gasteiger partial charge in [0.05, 0.1) is 23.2 Å². The Labute approximate surface area is 167 Å². The lowest BCUT2D eigenvalue weighted by molar-refractivity contribution is -0.0729. The molecule has 1 aromatic carbocycles. The second-order valence-electron chi connectivity index (χ2n) is 8.01. The number of halogens is 1. The molecule has 8 heteroatoms. The fraction of sp³-hybridized carbons (Fsp3) is 0.381. The van der Waals surface area contributed by atoms with Crippen LogP contribution in [-0.2, 0) is 0 Å². The van der Waals surface area contributed by atoms with Gasteiger partial charge in [-0.25, -0.2) is 9.37 Å². The first-order chi connectivity index (χ1) is 14.0. The van der Waals surface area contributed by atoms with E-state index in [4.69, 9.17) is 4.74 Å². The van der Waals surface area contributed by atoms with Crippen LogP contribution in [0.1, 0.15) is 19.8 Å². The van der Waals surface area contributed by atoms with Gasteiger partial charge in [-0.05, 0) is 38.0 Å². The number of rotatable bonds is 4. The Morgan fingerprint density at radius 1 is 1.28 bits per heavy atom. The summed E-state index contributed by atoms with van der Waals surface area (Å²) in [5.74, 6) is 0.520. The smallest absolute Gasteiger partial charge is 0.233 e. The van der Waals surface area contributed by atoms with E-state index in [1.165, 1.54) is 0 Å². The summed E-state index contributed by atoms with van der Waals surface area (Å²) < 4.78 is 22.6. The van der Waals surface area contributed by atoms with E-state index < -0.39 is 17.8 Å². The average molecular weight is 395 g/mol. The van der Waals surface area contributed by atoms with Crippen molar-refractivity contribution in [2.75, 3.05) is 6.54 Å². The number of imidazole rings is 1. The summed E-state index contributed by atoms with van der Waals surface area (Å²) in [7, 11) is 0. The molecule has 3 aliphatic rings. The van der Waals surface area contributed by atoms with Crippen LogP contribution in [0.2, 0.25) is 0 Å². The molecule has 2 aromatic heterocycles. The molecule has 1 saturated carbocycles. The molecule has 6 rings (SSSR count). The maximum absolute atomic E-state index is 14.9. The van der Waals surface area contributed by atoms with E-state index in [1.54, 1.807) is 47.6 Å². The maximum Gasteiger partial charge on any atom is 0.233 e. The third-order valence-corrected chi connectivity index (χ3v) is 6.12. The fourth-order valence-corrected chi connectivity index (χ4v) is 4.29. The van der Waals surface area contributed by atoms with Crippen LogP contribution in [0.25, 0.3) is 16.9 Å². The van der Waals surface area contributed by atoms with E-state index in [0.29, 0.717) is 17.1 Å². The van der Waals surface area contributed by atoms with Crippen LogP contribution in [-0.4, -0.2) is 49.2 Å². The lowest BCUT2D eigenvalue weighted by Gasteiger charge is -2.51. The van der Waals surface area contributed by atoms with Crippen LogP contribution in [0.4, 0.5) is 4.39 Å². The van der Waals surface area contributed by atoms with E-state index in [2.05, 4.69) is 20.5 Å². The number of piperidine rings is 2. The third kappa shape index (κ3) is 3.13. The molecule has 3 aromatic rings. The summed E-state index contributed by atoms with van der Waals surface area (Å²) in [6, 6.07) is 8.69. The fourth-order valence-electron chi connectivity index (χ4n) is 4.29. The van der Waals surface area contributed by atoms with Crippen molar-refractivity contribution < 1.29 is 14.2 Å². The first-order valence-electron chi connectivity index (χ1n) is 9.75. The zero-order chi connectivity index (χ0) is 20.0. The predicted octanol–water partition coefficient (Wildman–Crippen LogP) is 2.89. The number of benzene rings is 1. The summed E-state index contributed by atoms with van der Waals surface area (Å²) in [6.45, 7) is 2.67. The number of hydrogen-bond acceptors (Lipinski definition) is 6. The minimum Gasteiger partial charge on any atom is -0.507 e. The standard InChI is InChI=1S/C21H22FN5O2/c1-21-7-6-13(11-24-21)19(20(21)22)29-18-5-4-16(25-26-18)15-3-2-14(10-17(15)28)27-9-8-23-12-27/h2-5,8-10,12-13,19-20,24,28H,6-7,11H2,1H3/t13-,19-,20-,21-/m1/s1. The van der Waals surface area contributed by atoms with Crippen LogP contribution >= 0.6 is 0 Å². The van der Waals surface area contributed by atoms with Gasteiger partial charge in [-0.1, -0.05) is 0 Å². The molecule has 0 radical (unpaired) electrons. The van der Waals surface area contributed by atoms with E-state index in [1.807, 2.05) is 13.0 Å². The SMILES string of the molecule is C[C@]12CC[C@H](CN1)[C@@H](Oc1ccc(-c3ccc(-n4ccnc4)cc3O)nn1)[C@H]2F. The van der Waals surface area contributed by atoms with Crippen molar-refractivity contribution in [2.24, 2.45) is 5.92 Å². The van der Waals surface area contributed by atoms with Crippen molar-refractivity contribution in [3.05, 3.63) is 49.1 Å². The molecule has 29 heavy (non-hydrogen) atoms. The van der Waals surface area contributed by atoms with Gasteiger partial charge in [0.25, 0.3) is 0 Å². The van der Waals surface area contributed by atoms with E-state index in [-0.39, 0.29) is 11.7 Å². The normalized spacial score (nSPS) is 28.4. The van der Waals surface area contributed by atoms with Gasteiger partial charge < -0.3 is 19.7 Å². The van der Waals surface area contributed by atoms with Gasteiger partial charge in [0.1, 0.15) is 11.9 Å². The number of aromatic nitrogens is 4. The average Bonchev–Trinajstić information content (AvgIpc) is 3.27. The van der Waals surface area contributed by atoms with Crippen LogP contribution < -0.4 is 10.1 Å². The molecule has 0 amide bonds. The number of aromatic hydroxyl groups is 1. The lowest BCUT2D eigenvalue weighted by Crippen LogP contribution is -2.68. The third-order valence-electron chi connectivity index (χ3n) is 6.12. The Bertz CT molecular complexity index is 1000. The Morgan fingerprint density at radius 2 is 2.17 bits per heavy atom. The summed E-state index contributed by atoms with van der Waals surface area (Å²) in [5.41, 5.74) is 1.34. The van der Waals surface area contributed by atoms with Gasteiger partial charge in [-0.15, -0.1) is 10.2 Å². The predicted molar refractivity (Wildman–Crippen MR) is 105 cm³/mol. The number of phenolic OH excluding ortho intramolecular Hbond substituents is 1. The molecule has 1 aliphatic carbocycles. The van der Waals surface area contributed by atoms with Crippen LogP contribution in [0.15, 0.2) is 49.1 Å². The molecular weight excluding hydrogens is 373 g/mol. The molecule has 0 unspecified atom stereocenters. The van der Waals surface area contributed by atoms with Gasteiger partial charge >= 0.3 is 0 Å². The highest BCUT2D eigenvalue weighted by atomic mass is 19.1. The Morgan fingerprint density at radius 3 is 2.83 bits per heavy atom. The minimum atomic E-state index is -1.09. The Hall–Kier alpha value is -3.00. The van der Waals surface area contributed by atoms with Gasteiger partial charge in [-0.2, -0.15) is 0 Å². The van der Waals surface area contributed by atoms with E-state index in [9.17, 15) is 9.50 Å². The number of fused-ring (bicyclic) bond motifs is 3. The zero-order valence-corrected chi connectivity index (χ0v) is 16.0. The van der Waals surface area contributed by atoms with Crippen molar-refractivity contribution in [3.63, 3.8) is 0 Å². The van der Waals surface area contributed by atoms with Crippen molar-refractivity contribution in [3.8, 4) is 28.6 Å². The second kappa shape index (κ2) is 6.81. The lowest BCUT2D eigenvalue weighted by atomic mass is 9.70. The second-order valence-corrected chi connectivity index (χ2v) is 8.01. The van der Waals surface area contributed by atoms with Crippen molar-refractivity contribution in [1.29, 1.82) is 0 Å². The van der Waals surface area contributed by atoms with Crippen LogP contribution in [0.3, 0.4) is 0 Å². The van der Waals surface area contributed by atoms with Gasteiger partial charge in [-0.3, -0.25) is 0 Å². The van der Waals surface area contributed by atoms with Crippen LogP contribution in [0, 0.1) is 5.92 Å². The summed E-state index contributed by atoms with van der Waals surface area (Å²) in [5, 5.41) is 22.0. The topological polar surface area (TPSA) is 85.1 Å². The highest BCUT2D eigenvalue weighted by Crippen LogP contribution is 2.40. The molecule has 2 saturated heterocycles. The summed E-state index contributed by atoms with van der Waals surface area (Å²) in [6.07, 6.45) is 5.29. The number of phenols is 1. The molecule has 4 heterocycles. The number of alkyl halides is 1. The Balaban J connectivity index is 1.34. The van der Waals surface area contributed by atoms with Gasteiger partial charge in [0, 0.05) is 42.6 Å². The van der Waals surface area contributed by atoms with E-state index >= 15 is 0 Å². The maximum atomic E-state index is 14.9. The van der Waals surface area contributed by atoms with Gasteiger partial charge in [0.15, 0.2) is 6.17 Å². The molecule has 4 atom stereocenters. The zero-order valence-electron chi connectivity index (χ0n) is 16.0. The molecule has 7 nitrogen and oxygen atoms in total. The molecule has 150 valence electrons. The van der Waals surface area contributed by atoms with Crippen molar-refractivity contribution in [2.45, 2.75) is 37.6 Å². The first-order valence-corrected chi connectivity index (χ1v) is 9.75. The monoisotopic (exact) mass is 395 g/mol. The molecule has 2 N–H and O–H groups in total. The number of nitrogens with one attached hydrogen (secondary N) is 1. The van der Waals surface area contributed by atoms with Gasteiger partial charge in [0.2, 0.25) is 5.88 Å². The van der Waals surface area contributed by atoms with Crippen molar-refractivity contribution in [1.82, 2.24) is 25.1 Å². The molecule has 0 spiro atoms. The number of hydrogen-bond donors (Lipinski definition) is 2. The van der Waals surface area contributed by atoms with E-state index in [0.717, 1.165) is 25.1 Å². The highest BCUT2D eigenvalue weighted by Gasteiger charge is 2.52. The molecule has 3 fully saturated rings. The molecular formula is C21H22FN5O2. The first kappa shape index (κ1) is 18.1. The highest BCUT2D eigenvalue weighted by molar-refractivity contribution is 5.68. The van der Waals surface area contributed by atoms with Crippen LogP contribution in [0.5, 0.6) is 11.6 Å². The molecule has 2 aliphatic heterocycles. The number of ether oxygens (including phenoxy) is 1. The molecule has 2 bridgehead atoms. The number of nitrogens with zero attached hydrogens (tertiary/aromatic N) is 4. The minimum absolute atomic E-state index is 0.0894. The summed E-state index contributed by atoms with van der Waals surface area (Å²) in [4.78, 5) is 4.00. The van der Waals surface area contributed by atoms with Crippen molar-refractivity contribution >= 4 is 0 Å². The quantitative estimate of drug-likeness (QED) is 0.707. The Kier molecular flexibility index (Phi) is 4.24. The summed E-state index contributed by atoms with van der Waals surface area (Å²) >= 11 is 0. The largest absolute Gasteiger partial charge is 0.507 e.